The van der Waals surface area contributed by atoms with E-state index in [0.29, 0.717) is 5.56 Å². The van der Waals surface area contributed by atoms with E-state index in [1.807, 2.05) is 18.2 Å². The molecule has 3 aromatic rings. The average Bonchev–Trinajstić information content (AvgIpc) is 3.36. The van der Waals surface area contributed by atoms with E-state index in [1.165, 1.54) is 10.4 Å². The van der Waals surface area contributed by atoms with Gasteiger partial charge < -0.3 is 35.3 Å². The van der Waals surface area contributed by atoms with E-state index in [1.54, 1.807) is 24.3 Å². The SMILES string of the molecule is [C-]1=CC=CC1.[Cl-].[Cl-].[NH-]C(=O)c1ccccc1.[Ti+2]=[Si](c1ccccc1)c1ccccc1. The third-order valence-electron chi connectivity index (χ3n) is 3.75. The standard InChI is InChI=1S/C12H10Si.C7H7NO.C5H5.2ClH.Ti/c1-3-7-11(8-4-1)13-12-9-5-2-6-10-12;8-7(9)6-4-2-1-3-5-6;1-2-4-5-3-1;;;/h1-10H;1-5H,(H2,8,9);1-3H,4H2;2*1H;/q;;-1;;;+2/p-3. The summed E-state index contributed by atoms with van der Waals surface area (Å²) in [4.78, 5) is 10.3. The van der Waals surface area contributed by atoms with Gasteiger partial charge in [0.1, 0.15) is 0 Å². The summed E-state index contributed by atoms with van der Waals surface area (Å²) >= 11 is 2.34. The minimum atomic E-state index is -0.629. The molecule has 0 heterocycles. The van der Waals surface area contributed by atoms with Gasteiger partial charge in [-0.15, -0.1) is 6.42 Å². The summed E-state index contributed by atoms with van der Waals surface area (Å²) in [6, 6.07) is 30.0. The van der Waals surface area contributed by atoms with Crippen LogP contribution in [0.25, 0.3) is 5.73 Å². The molecule has 30 heavy (non-hydrogen) atoms. The number of carbonyl (C=O) groups is 1. The molecule has 0 radical (unpaired) electrons. The fourth-order valence-corrected chi connectivity index (χ4v) is 5.25. The predicted molar refractivity (Wildman–Crippen MR) is 115 cm³/mol. The molecule has 1 aliphatic carbocycles. The molecule has 1 aliphatic rings. The minimum absolute atomic E-state index is 0. The van der Waals surface area contributed by atoms with Crippen molar-refractivity contribution in [3.05, 3.63) is 127 Å². The number of amides is 1. The molecule has 0 atom stereocenters. The molecule has 2 nitrogen and oxygen atoms in total. The molecule has 4 rings (SSSR count). The topological polar surface area (TPSA) is 40.9 Å². The van der Waals surface area contributed by atoms with Gasteiger partial charge in [-0.1, -0.05) is 30.3 Å². The quantitative estimate of drug-likeness (QED) is 0.330. The number of carbonyl (C=O) groups excluding carboxylic acids is 1. The van der Waals surface area contributed by atoms with Crippen LogP contribution in [-0.4, -0.2) is 12.1 Å². The van der Waals surface area contributed by atoms with Crippen LogP contribution < -0.4 is 35.2 Å². The zero-order chi connectivity index (χ0) is 20.0. The van der Waals surface area contributed by atoms with E-state index in [2.05, 4.69) is 92.0 Å². The van der Waals surface area contributed by atoms with Gasteiger partial charge in [-0.3, -0.25) is 6.08 Å². The Morgan fingerprint density at radius 1 is 0.800 bits per heavy atom. The Kier molecular flexibility index (Phi) is 15.8. The second kappa shape index (κ2) is 16.9. The van der Waals surface area contributed by atoms with Crippen LogP contribution in [0, 0.1) is 6.08 Å². The van der Waals surface area contributed by atoms with Crippen LogP contribution in [0.2, 0.25) is 0 Å². The monoisotopic (exact) mass is 485 g/mol. The number of nitrogens with one attached hydrogen (secondary N) is 1. The van der Waals surface area contributed by atoms with Gasteiger partial charge in [0, 0.05) is 0 Å². The van der Waals surface area contributed by atoms with Gasteiger partial charge in [-0.2, -0.15) is 6.08 Å². The summed E-state index contributed by atoms with van der Waals surface area (Å²) in [5.41, 5.74) is 7.12. The Balaban J connectivity index is 0.000000454. The first-order valence-corrected chi connectivity index (χ1v) is 12.7. The molecule has 0 spiro atoms. The van der Waals surface area contributed by atoms with Crippen molar-refractivity contribution in [1.29, 1.82) is 0 Å². The van der Waals surface area contributed by atoms with Crippen LogP contribution in [0.4, 0.5) is 0 Å². The zero-order valence-electron chi connectivity index (χ0n) is 16.3. The molecule has 0 aromatic heterocycles. The van der Waals surface area contributed by atoms with E-state index >= 15 is 0 Å². The van der Waals surface area contributed by atoms with Crippen LogP contribution in [0.3, 0.4) is 0 Å². The first-order valence-electron chi connectivity index (χ1n) is 8.90. The summed E-state index contributed by atoms with van der Waals surface area (Å²) < 4.78 is 0. The number of hydrogen-bond acceptors (Lipinski definition) is 1. The Morgan fingerprint density at radius 2 is 1.23 bits per heavy atom. The Labute approximate surface area is 203 Å². The number of halogens is 2. The molecule has 0 saturated heterocycles. The van der Waals surface area contributed by atoms with Gasteiger partial charge in [0.25, 0.3) is 0 Å². The molecule has 0 aliphatic heterocycles. The summed E-state index contributed by atoms with van der Waals surface area (Å²) in [6.45, 7) is 0. The van der Waals surface area contributed by atoms with Crippen molar-refractivity contribution in [2.75, 3.05) is 0 Å². The van der Waals surface area contributed by atoms with Crippen molar-refractivity contribution in [3.63, 3.8) is 0 Å². The Bertz CT molecular complexity index is 882. The summed E-state index contributed by atoms with van der Waals surface area (Å²) in [6.07, 6.45) is 9.46. The van der Waals surface area contributed by atoms with Gasteiger partial charge in [-0.25, -0.2) is 12.2 Å². The Morgan fingerprint density at radius 3 is 1.50 bits per heavy atom. The third-order valence-corrected chi connectivity index (χ3v) is 8.27. The van der Waals surface area contributed by atoms with E-state index in [-0.39, 0.29) is 24.8 Å². The van der Waals surface area contributed by atoms with Gasteiger partial charge >= 0.3 is 96.4 Å². The second-order valence-corrected chi connectivity index (χ2v) is 10.1. The van der Waals surface area contributed by atoms with Crippen molar-refractivity contribution >= 4 is 22.5 Å². The molecular weight excluding hydrogens is 465 g/mol. The summed E-state index contributed by atoms with van der Waals surface area (Å²) in [5.74, 6) is -0.629. The predicted octanol–water partition coefficient (Wildman–Crippen LogP) is -1.47. The van der Waals surface area contributed by atoms with Crippen LogP contribution in [0.1, 0.15) is 16.8 Å². The molecule has 0 unspecified atom stereocenters. The average molecular weight is 486 g/mol. The fraction of sp³-hybridized carbons (Fsp3) is 0.0417. The third kappa shape index (κ3) is 10.8. The van der Waals surface area contributed by atoms with Crippen molar-refractivity contribution in [1.82, 2.24) is 0 Å². The molecule has 1 amide bonds. The van der Waals surface area contributed by atoms with Crippen molar-refractivity contribution < 1.29 is 48.8 Å². The molecule has 0 saturated carbocycles. The maximum atomic E-state index is 10.3. The zero-order valence-corrected chi connectivity index (χ0v) is 20.3. The van der Waals surface area contributed by atoms with E-state index in [0.717, 1.165) is 6.42 Å². The molecule has 1 N–H and O–H groups in total. The first kappa shape index (κ1) is 28.1. The second-order valence-electron chi connectivity index (χ2n) is 5.81. The molecule has 6 heteroatoms. The van der Waals surface area contributed by atoms with Crippen LogP contribution >= 0.6 is 0 Å². The van der Waals surface area contributed by atoms with Gasteiger partial charge in [0.2, 0.25) is 0 Å². The van der Waals surface area contributed by atoms with Crippen molar-refractivity contribution in [2.24, 2.45) is 0 Å². The van der Waals surface area contributed by atoms with Gasteiger partial charge in [0.15, 0.2) is 0 Å². The number of rotatable bonds is 3. The van der Waals surface area contributed by atoms with Gasteiger partial charge in [-0.05, 0) is 5.56 Å². The summed E-state index contributed by atoms with van der Waals surface area (Å²) in [7, 11) is 0. The van der Waals surface area contributed by atoms with Crippen LogP contribution in [0.5, 0.6) is 0 Å². The van der Waals surface area contributed by atoms with E-state index in [9.17, 15) is 4.79 Å². The Hall–Kier alpha value is -1.88. The van der Waals surface area contributed by atoms with Crippen LogP contribution in [-0.2, 0) is 19.2 Å². The molecule has 3 aromatic carbocycles. The van der Waals surface area contributed by atoms with Crippen LogP contribution in [0.15, 0.2) is 109 Å². The van der Waals surface area contributed by atoms with Gasteiger partial charge in [0.05, 0.1) is 5.91 Å². The van der Waals surface area contributed by atoms with E-state index in [4.69, 9.17) is 5.73 Å². The van der Waals surface area contributed by atoms with Crippen molar-refractivity contribution in [3.8, 4) is 0 Å². The maximum absolute atomic E-state index is 10.3. The number of allylic oxidation sites excluding steroid dienone is 4. The molecule has 0 bridgehead atoms. The molecule has 152 valence electrons. The molecular formula is C24H21Cl2NOSiTi-2. The number of benzene rings is 3. The molecule has 0 fully saturated rings. The number of hydrogen-bond donors (Lipinski definition) is 0. The van der Waals surface area contributed by atoms with E-state index < -0.39 is 12.1 Å². The normalized spacial score (nSPS) is 10.2. The van der Waals surface area contributed by atoms with Crippen molar-refractivity contribution in [2.45, 2.75) is 6.42 Å². The fourth-order valence-electron chi connectivity index (χ4n) is 2.31. The summed E-state index contributed by atoms with van der Waals surface area (Å²) in [5, 5.41) is 2.95. The first-order chi connectivity index (χ1) is 13.7.